The van der Waals surface area contributed by atoms with Gasteiger partial charge in [-0.25, -0.2) is 0 Å². The van der Waals surface area contributed by atoms with Gasteiger partial charge >= 0.3 is 17.9 Å². The van der Waals surface area contributed by atoms with Crippen LogP contribution in [0.3, 0.4) is 0 Å². The molecule has 6 N–H and O–H groups in total. The molecular weight excluding hydrogens is 462 g/mol. The number of hydrogen-bond donors (Lipinski definition) is 6. The molecule has 0 atom stereocenters. The monoisotopic (exact) mass is 513 g/mol. The van der Waals surface area contributed by atoms with Crippen molar-refractivity contribution in [2.45, 2.75) is 78.6 Å². The van der Waals surface area contributed by atoms with Crippen molar-refractivity contribution in [3.63, 3.8) is 0 Å². The van der Waals surface area contributed by atoms with E-state index in [0.29, 0.717) is 19.3 Å². The van der Waals surface area contributed by atoms with Crippen molar-refractivity contribution in [1.82, 2.24) is 16.0 Å². The maximum atomic E-state index is 9.94. The number of benzene rings is 1. The minimum Gasteiger partial charge on any atom is -0.481 e. The van der Waals surface area contributed by atoms with Gasteiger partial charge in [0.1, 0.15) is 0 Å². The fourth-order valence-electron chi connectivity index (χ4n) is 2.94. The highest BCUT2D eigenvalue weighted by Crippen LogP contribution is 2.06. The first-order valence-corrected chi connectivity index (χ1v) is 12.6. The summed E-state index contributed by atoms with van der Waals surface area (Å²) in [7, 11) is 5.59. The van der Waals surface area contributed by atoms with Gasteiger partial charge in [-0.1, -0.05) is 34.9 Å². The molecule has 0 heterocycles. The topological polar surface area (TPSA) is 148 Å². The Kier molecular flexibility index (Phi) is 30.4. The van der Waals surface area contributed by atoms with Gasteiger partial charge in [-0.15, -0.1) is 0 Å². The van der Waals surface area contributed by atoms with Gasteiger partial charge in [-0.2, -0.15) is 0 Å². The molecule has 0 saturated heterocycles. The highest BCUT2D eigenvalue weighted by atomic mass is 16.4. The summed E-state index contributed by atoms with van der Waals surface area (Å²) in [5, 5.41) is 33.4. The van der Waals surface area contributed by atoms with E-state index >= 15 is 0 Å². The van der Waals surface area contributed by atoms with Gasteiger partial charge in [-0.05, 0) is 100 Å². The van der Waals surface area contributed by atoms with Gasteiger partial charge in [-0.3, -0.25) is 14.4 Å². The Balaban J connectivity index is -0.000000403. The molecule has 0 amide bonds. The molecule has 0 saturated carbocycles. The Morgan fingerprint density at radius 1 is 0.528 bits per heavy atom. The third-order valence-electron chi connectivity index (χ3n) is 4.57. The Labute approximate surface area is 218 Å². The largest absolute Gasteiger partial charge is 0.481 e. The molecular formula is C27H51N3O6. The van der Waals surface area contributed by atoms with Gasteiger partial charge in [0.25, 0.3) is 0 Å². The summed E-state index contributed by atoms with van der Waals surface area (Å²) < 4.78 is 0. The van der Waals surface area contributed by atoms with E-state index in [9.17, 15) is 14.4 Å². The first-order valence-electron chi connectivity index (χ1n) is 12.6. The standard InChI is InChI=1S/C9H12.3C6H13NO2/c1-7-4-8(2)6-9(3)5-7;3*1-7-5-3-2-4-6(8)9/h4-6H,1-3H3;3*7H,2-5H2,1H3,(H,8,9). The van der Waals surface area contributed by atoms with Crippen LogP contribution in [0.1, 0.15) is 74.5 Å². The Morgan fingerprint density at radius 3 is 0.917 bits per heavy atom. The molecule has 1 aromatic carbocycles. The predicted molar refractivity (Wildman–Crippen MR) is 147 cm³/mol. The molecule has 0 spiro atoms. The molecule has 0 aliphatic rings. The average molecular weight is 514 g/mol. The van der Waals surface area contributed by atoms with Gasteiger partial charge < -0.3 is 31.3 Å². The zero-order valence-corrected chi connectivity index (χ0v) is 23.3. The average Bonchev–Trinajstić information content (AvgIpc) is 2.77. The number of nitrogens with one attached hydrogen (secondary N) is 3. The summed E-state index contributed by atoms with van der Waals surface area (Å²) in [4.78, 5) is 29.8. The zero-order valence-electron chi connectivity index (χ0n) is 23.3. The van der Waals surface area contributed by atoms with Gasteiger partial charge in [0.2, 0.25) is 0 Å². The zero-order chi connectivity index (χ0) is 28.2. The van der Waals surface area contributed by atoms with Crippen LogP contribution in [0.15, 0.2) is 18.2 Å². The van der Waals surface area contributed by atoms with Crippen LogP contribution in [0.2, 0.25) is 0 Å². The van der Waals surface area contributed by atoms with E-state index in [1.807, 2.05) is 21.1 Å². The van der Waals surface area contributed by atoms with Crippen molar-refractivity contribution in [2.24, 2.45) is 0 Å². The summed E-state index contributed by atoms with van der Waals surface area (Å²) in [6.45, 7) is 9.10. The minimum absolute atomic E-state index is 0.293. The molecule has 0 fully saturated rings. The Hall–Kier alpha value is -2.49. The second-order valence-electron chi connectivity index (χ2n) is 8.53. The lowest BCUT2D eigenvalue weighted by Crippen LogP contribution is -2.07. The molecule has 9 heteroatoms. The Morgan fingerprint density at radius 2 is 0.750 bits per heavy atom. The number of rotatable bonds is 15. The van der Waals surface area contributed by atoms with Crippen LogP contribution >= 0.6 is 0 Å². The van der Waals surface area contributed by atoms with Crippen LogP contribution in [0.5, 0.6) is 0 Å². The van der Waals surface area contributed by atoms with Crippen molar-refractivity contribution < 1.29 is 29.7 Å². The van der Waals surface area contributed by atoms with Crippen LogP contribution in [-0.2, 0) is 14.4 Å². The molecule has 0 aromatic heterocycles. The fraction of sp³-hybridized carbons (Fsp3) is 0.667. The van der Waals surface area contributed by atoms with Crippen LogP contribution in [0.25, 0.3) is 0 Å². The van der Waals surface area contributed by atoms with Crippen molar-refractivity contribution >= 4 is 17.9 Å². The highest BCUT2D eigenvalue weighted by Gasteiger charge is 1.95. The SMILES string of the molecule is CNCCCCC(=O)O.CNCCCCC(=O)O.CNCCCCC(=O)O.Cc1cc(C)cc(C)c1. The maximum Gasteiger partial charge on any atom is 0.303 e. The smallest absolute Gasteiger partial charge is 0.303 e. The van der Waals surface area contributed by atoms with Crippen LogP contribution in [0, 0.1) is 20.8 Å². The summed E-state index contributed by atoms with van der Waals surface area (Å²) in [6.07, 6.45) is 6.04. The number of carboxylic acids is 3. The molecule has 36 heavy (non-hydrogen) atoms. The minimum atomic E-state index is -0.703. The number of aryl methyl sites for hydroxylation is 3. The fourth-order valence-corrected chi connectivity index (χ4v) is 2.94. The van der Waals surface area contributed by atoms with Crippen molar-refractivity contribution in [2.75, 3.05) is 40.8 Å². The predicted octanol–water partition coefficient (Wildman–Crippen LogP) is 3.99. The van der Waals surface area contributed by atoms with E-state index in [0.717, 1.165) is 58.2 Å². The molecule has 1 aromatic rings. The molecule has 0 unspecified atom stereocenters. The second kappa shape index (κ2) is 28.7. The third kappa shape index (κ3) is 38.8. The maximum absolute atomic E-state index is 9.94. The van der Waals surface area contributed by atoms with Crippen molar-refractivity contribution in [3.8, 4) is 0 Å². The van der Waals surface area contributed by atoms with E-state index in [1.165, 1.54) is 16.7 Å². The van der Waals surface area contributed by atoms with E-state index in [2.05, 4.69) is 54.9 Å². The lowest BCUT2D eigenvalue weighted by atomic mass is 10.1. The third-order valence-corrected chi connectivity index (χ3v) is 4.57. The van der Waals surface area contributed by atoms with Gasteiger partial charge in [0, 0.05) is 19.3 Å². The lowest BCUT2D eigenvalue weighted by Gasteiger charge is -1.96. The molecule has 0 aliphatic carbocycles. The molecule has 0 bridgehead atoms. The molecule has 0 radical (unpaired) electrons. The quantitative estimate of drug-likeness (QED) is 0.191. The number of unbranched alkanes of at least 4 members (excludes halogenated alkanes) is 3. The molecule has 0 aliphatic heterocycles. The number of carbonyl (C=O) groups is 3. The van der Waals surface area contributed by atoms with Crippen LogP contribution < -0.4 is 16.0 Å². The van der Waals surface area contributed by atoms with E-state index in [-0.39, 0.29) is 0 Å². The number of aliphatic carboxylic acids is 3. The van der Waals surface area contributed by atoms with E-state index in [4.69, 9.17) is 15.3 Å². The first-order chi connectivity index (χ1) is 17.0. The Bertz CT molecular complexity index is 581. The van der Waals surface area contributed by atoms with Crippen molar-refractivity contribution in [1.29, 1.82) is 0 Å². The molecule has 210 valence electrons. The number of hydrogen-bond acceptors (Lipinski definition) is 6. The summed E-state index contributed by atoms with van der Waals surface area (Å²) >= 11 is 0. The normalized spacial score (nSPS) is 9.50. The summed E-state index contributed by atoms with van der Waals surface area (Å²) in [6, 6.07) is 6.56. The molecule has 9 nitrogen and oxygen atoms in total. The molecule has 1 rings (SSSR count). The summed E-state index contributed by atoms with van der Waals surface area (Å²) in [5.74, 6) is -2.11. The van der Waals surface area contributed by atoms with Gasteiger partial charge in [0.05, 0.1) is 0 Å². The van der Waals surface area contributed by atoms with Crippen molar-refractivity contribution in [3.05, 3.63) is 34.9 Å². The lowest BCUT2D eigenvalue weighted by molar-refractivity contribution is -0.138. The summed E-state index contributed by atoms with van der Waals surface area (Å²) in [5.41, 5.74) is 4.06. The van der Waals surface area contributed by atoms with Crippen LogP contribution in [0.4, 0.5) is 0 Å². The van der Waals surface area contributed by atoms with E-state index in [1.54, 1.807) is 0 Å². The van der Waals surface area contributed by atoms with E-state index < -0.39 is 17.9 Å². The number of carboxylic acid groups (broad SMARTS) is 3. The van der Waals surface area contributed by atoms with Gasteiger partial charge in [0.15, 0.2) is 0 Å². The van der Waals surface area contributed by atoms with Crippen LogP contribution in [-0.4, -0.2) is 74.0 Å². The highest BCUT2D eigenvalue weighted by molar-refractivity contribution is 5.67. The first kappa shape index (κ1) is 38.0. The second-order valence-corrected chi connectivity index (χ2v) is 8.53.